The first-order valence-electron chi connectivity index (χ1n) is 5.25. The van der Waals surface area contributed by atoms with Crippen LogP contribution < -0.4 is 11.5 Å². The van der Waals surface area contributed by atoms with Gasteiger partial charge in [0.25, 0.3) is 0 Å². The number of hydrogen-bond donors (Lipinski definition) is 2. The second-order valence-corrected chi connectivity index (χ2v) is 3.66. The van der Waals surface area contributed by atoms with Crippen LogP contribution in [0.3, 0.4) is 0 Å². The number of carbonyl (C=O) groups is 2. The maximum absolute atomic E-state index is 11.7. The first-order chi connectivity index (χ1) is 8.19. The Balaban J connectivity index is 2.71. The summed E-state index contributed by atoms with van der Waals surface area (Å²) in [6.45, 7) is -0.181. The average Bonchev–Trinajstić information content (AvgIpc) is 2.76. The molecule has 0 amide bonds. The summed E-state index contributed by atoms with van der Waals surface area (Å²) in [5, 5.41) is 0.727. The normalized spacial score (nSPS) is 10.7. The number of ketones is 1. The predicted molar refractivity (Wildman–Crippen MR) is 65.0 cm³/mol. The van der Waals surface area contributed by atoms with Crippen molar-refractivity contribution < 1.29 is 9.59 Å². The molecule has 5 nitrogen and oxygen atoms in total. The van der Waals surface area contributed by atoms with Gasteiger partial charge in [0, 0.05) is 17.1 Å². The van der Waals surface area contributed by atoms with Crippen molar-refractivity contribution in [2.45, 2.75) is 0 Å². The molecule has 0 fully saturated rings. The van der Waals surface area contributed by atoms with E-state index in [1.165, 1.54) is 10.8 Å². The quantitative estimate of drug-likeness (QED) is 0.747. The molecule has 88 valence electrons. The summed E-state index contributed by atoms with van der Waals surface area (Å²) < 4.78 is 1.40. The third-order valence-corrected chi connectivity index (χ3v) is 2.64. The zero-order chi connectivity index (χ0) is 12.4. The van der Waals surface area contributed by atoms with Gasteiger partial charge in [0.2, 0.25) is 5.91 Å². The minimum Gasteiger partial charge on any atom is -0.324 e. The first kappa shape index (κ1) is 11.5. The molecule has 4 N–H and O–H groups in total. The Bertz CT molecular complexity index is 536. The van der Waals surface area contributed by atoms with Gasteiger partial charge in [0.15, 0.2) is 5.78 Å². The number of carbonyl (C=O) groups excluding carboxylic acids is 2. The van der Waals surface area contributed by atoms with Crippen molar-refractivity contribution in [3.8, 4) is 0 Å². The van der Waals surface area contributed by atoms with Crippen LogP contribution in [0.15, 0.2) is 30.5 Å². The average molecular weight is 231 g/mol. The Hall–Kier alpha value is -1.98. The van der Waals surface area contributed by atoms with Crippen LogP contribution >= 0.6 is 0 Å². The SMILES string of the molecule is NCC(=O)c1cn(C(=O)CN)c2ccccc12. The van der Waals surface area contributed by atoms with Crippen LogP contribution in [0.5, 0.6) is 0 Å². The number of para-hydroxylation sites is 1. The molecule has 0 aliphatic heterocycles. The van der Waals surface area contributed by atoms with Gasteiger partial charge in [-0.3, -0.25) is 14.2 Å². The van der Waals surface area contributed by atoms with Crippen molar-refractivity contribution >= 4 is 22.6 Å². The van der Waals surface area contributed by atoms with E-state index in [2.05, 4.69) is 0 Å². The van der Waals surface area contributed by atoms with Crippen LogP contribution in [0, 0.1) is 0 Å². The van der Waals surface area contributed by atoms with Gasteiger partial charge < -0.3 is 11.5 Å². The number of Topliss-reactive ketones (excluding diaryl/α,β-unsaturated/α-hetero) is 1. The molecule has 0 aliphatic carbocycles. The third kappa shape index (κ3) is 1.86. The molecule has 0 unspecified atom stereocenters. The summed E-state index contributed by atoms with van der Waals surface area (Å²) >= 11 is 0. The van der Waals surface area contributed by atoms with E-state index in [4.69, 9.17) is 11.5 Å². The smallest absolute Gasteiger partial charge is 0.244 e. The molecule has 2 rings (SSSR count). The zero-order valence-electron chi connectivity index (χ0n) is 9.22. The monoisotopic (exact) mass is 231 g/mol. The largest absolute Gasteiger partial charge is 0.324 e. The van der Waals surface area contributed by atoms with Crippen molar-refractivity contribution in [1.82, 2.24) is 4.57 Å². The number of nitrogens with two attached hydrogens (primary N) is 2. The molecule has 5 heteroatoms. The molecule has 2 aromatic rings. The fourth-order valence-electron chi connectivity index (χ4n) is 1.82. The van der Waals surface area contributed by atoms with Crippen LogP contribution in [0.1, 0.15) is 15.2 Å². The lowest BCUT2D eigenvalue weighted by Gasteiger charge is -1.99. The molecule has 0 radical (unpaired) electrons. The molecular formula is C12H13N3O2. The van der Waals surface area contributed by atoms with Gasteiger partial charge in [-0.1, -0.05) is 18.2 Å². The molecule has 0 saturated heterocycles. The fraction of sp³-hybridized carbons (Fsp3) is 0.167. The summed E-state index contributed by atoms with van der Waals surface area (Å²) in [6, 6.07) is 7.18. The number of nitrogens with zero attached hydrogens (tertiary/aromatic N) is 1. The molecule has 0 saturated carbocycles. The Morgan fingerprint density at radius 2 is 1.82 bits per heavy atom. The molecule has 0 aliphatic rings. The Morgan fingerprint density at radius 3 is 2.47 bits per heavy atom. The van der Waals surface area contributed by atoms with E-state index >= 15 is 0 Å². The first-order valence-corrected chi connectivity index (χ1v) is 5.25. The zero-order valence-corrected chi connectivity index (χ0v) is 9.22. The summed E-state index contributed by atoms with van der Waals surface area (Å²) in [7, 11) is 0. The molecule has 0 spiro atoms. The maximum atomic E-state index is 11.7. The van der Waals surface area contributed by atoms with Crippen LogP contribution in [0.4, 0.5) is 0 Å². The highest BCUT2D eigenvalue weighted by molar-refractivity contribution is 6.11. The van der Waals surface area contributed by atoms with Crippen molar-refractivity contribution in [3.05, 3.63) is 36.0 Å². The maximum Gasteiger partial charge on any atom is 0.244 e. The fourth-order valence-corrected chi connectivity index (χ4v) is 1.82. The highest BCUT2D eigenvalue weighted by atomic mass is 16.2. The second kappa shape index (κ2) is 4.48. The summed E-state index contributed by atoms with van der Waals surface area (Å²) in [6.07, 6.45) is 1.51. The Morgan fingerprint density at radius 1 is 1.12 bits per heavy atom. The van der Waals surface area contributed by atoms with E-state index in [1.54, 1.807) is 18.2 Å². The molecule has 1 aromatic carbocycles. The van der Waals surface area contributed by atoms with E-state index in [1.807, 2.05) is 6.07 Å². The van der Waals surface area contributed by atoms with Crippen LogP contribution in [0.2, 0.25) is 0 Å². The number of aromatic nitrogens is 1. The number of fused-ring (bicyclic) bond motifs is 1. The summed E-state index contributed by atoms with van der Waals surface area (Å²) in [4.78, 5) is 23.3. The second-order valence-electron chi connectivity index (χ2n) is 3.66. The molecule has 0 bridgehead atoms. The van der Waals surface area contributed by atoms with Gasteiger partial charge in [-0.15, -0.1) is 0 Å². The third-order valence-electron chi connectivity index (χ3n) is 2.64. The standard InChI is InChI=1S/C12H13N3O2/c13-5-11(16)9-7-15(12(17)6-14)10-4-2-1-3-8(9)10/h1-4,7H,5-6,13-14H2. The van der Waals surface area contributed by atoms with E-state index in [-0.39, 0.29) is 24.8 Å². The van der Waals surface area contributed by atoms with E-state index in [9.17, 15) is 9.59 Å². The lowest BCUT2D eigenvalue weighted by atomic mass is 10.1. The summed E-state index contributed by atoms with van der Waals surface area (Å²) in [5.41, 5.74) is 11.8. The van der Waals surface area contributed by atoms with Gasteiger partial charge in [-0.2, -0.15) is 0 Å². The lowest BCUT2D eigenvalue weighted by Crippen LogP contribution is -2.20. The van der Waals surface area contributed by atoms with Gasteiger partial charge in [-0.05, 0) is 6.07 Å². The van der Waals surface area contributed by atoms with Gasteiger partial charge in [-0.25, -0.2) is 0 Å². The van der Waals surface area contributed by atoms with Crippen LogP contribution in [0.25, 0.3) is 10.9 Å². The lowest BCUT2D eigenvalue weighted by molar-refractivity contribution is 0.0928. The topological polar surface area (TPSA) is 91.1 Å². The highest BCUT2D eigenvalue weighted by Gasteiger charge is 2.16. The molecule has 0 atom stereocenters. The highest BCUT2D eigenvalue weighted by Crippen LogP contribution is 2.21. The minimum atomic E-state index is -0.253. The van der Waals surface area contributed by atoms with Crippen LogP contribution in [-0.2, 0) is 0 Å². The predicted octanol–water partition coefficient (Wildman–Crippen LogP) is 0.382. The van der Waals surface area contributed by atoms with Crippen molar-refractivity contribution in [3.63, 3.8) is 0 Å². The minimum absolute atomic E-state index is 0.0785. The molecule has 1 heterocycles. The van der Waals surface area contributed by atoms with Gasteiger partial charge in [0.1, 0.15) is 0 Å². The van der Waals surface area contributed by atoms with E-state index in [0.717, 1.165) is 5.39 Å². The van der Waals surface area contributed by atoms with E-state index < -0.39 is 0 Å². The molecule has 1 aromatic heterocycles. The Kier molecular flexibility index (Phi) is 3.03. The molecule has 17 heavy (non-hydrogen) atoms. The van der Waals surface area contributed by atoms with Crippen molar-refractivity contribution in [2.75, 3.05) is 13.1 Å². The van der Waals surface area contributed by atoms with Gasteiger partial charge >= 0.3 is 0 Å². The molecular weight excluding hydrogens is 218 g/mol. The van der Waals surface area contributed by atoms with Gasteiger partial charge in [0.05, 0.1) is 18.6 Å². The number of rotatable bonds is 3. The number of hydrogen-bond acceptors (Lipinski definition) is 4. The van der Waals surface area contributed by atoms with E-state index in [0.29, 0.717) is 11.1 Å². The Labute approximate surface area is 98.0 Å². The van der Waals surface area contributed by atoms with Crippen molar-refractivity contribution in [1.29, 1.82) is 0 Å². The summed E-state index contributed by atoms with van der Waals surface area (Å²) in [5.74, 6) is -0.443. The number of benzene rings is 1. The van der Waals surface area contributed by atoms with Crippen molar-refractivity contribution in [2.24, 2.45) is 11.5 Å². The van der Waals surface area contributed by atoms with Crippen LogP contribution in [-0.4, -0.2) is 29.3 Å².